The number of aliphatic hydroxyl groups is 1. The minimum atomic E-state index is -0.112. The molecule has 0 fully saturated rings. The van der Waals surface area contributed by atoms with Gasteiger partial charge in [-0.25, -0.2) is 0 Å². The predicted molar refractivity (Wildman–Crippen MR) is 82.4 cm³/mol. The fourth-order valence-corrected chi connectivity index (χ4v) is 2.55. The van der Waals surface area contributed by atoms with Crippen molar-refractivity contribution in [2.75, 3.05) is 0 Å². The molecule has 0 unspecified atom stereocenters. The molecule has 2 aromatic carbocycles. The van der Waals surface area contributed by atoms with E-state index in [1.54, 1.807) is 18.2 Å². The molecule has 0 saturated heterocycles. The second-order valence-electron chi connectivity index (χ2n) is 4.79. The number of benzene rings is 2. The quantitative estimate of drug-likeness (QED) is 0.804. The average Bonchev–Trinajstić information content (AvgIpc) is 2.83. The first-order chi connectivity index (χ1) is 10.2. The van der Waals surface area contributed by atoms with Crippen LogP contribution in [-0.2, 0) is 20.3 Å². The standard InChI is InChI=1S/C16H15ClN2O2/c1-19-15-5-3-2-4-13(15)14(18-19)10-21-16-7-6-12(17)8-11(16)9-20/h2-8,20H,9-10H2,1H3. The van der Waals surface area contributed by atoms with Gasteiger partial charge in [-0.1, -0.05) is 29.8 Å². The lowest BCUT2D eigenvalue weighted by atomic mass is 10.2. The zero-order valence-corrected chi connectivity index (χ0v) is 12.3. The van der Waals surface area contributed by atoms with Gasteiger partial charge in [-0.2, -0.15) is 5.10 Å². The van der Waals surface area contributed by atoms with Crippen molar-refractivity contribution in [3.05, 3.63) is 58.7 Å². The van der Waals surface area contributed by atoms with Gasteiger partial charge in [-0.15, -0.1) is 0 Å². The summed E-state index contributed by atoms with van der Waals surface area (Å²) >= 11 is 5.91. The molecule has 0 aliphatic rings. The number of fused-ring (bicyclic) bond motifs is 1. The minimum absolute atomic E-state index is 0.112. The Kier molecular flexibility index (Phi) is 3.82. The third-order valence-electron chi connectivity index (χ3n) is 3.39. The molecule has 0 amide bonds. The van der Waals surface area contributed by atoms with E-state index in [-0.39, 0.29) is 6.61 Å². The van der Waals surface area contributed by atoms with Gasteiger partial charge in [0.15, 0.2) is 0 Å². The molecule has 1 N–H and O–H groups in total. The van der Waals surface area contributed by atoms with Crippen LogP contribution >= 0.6 is 11.6 Å². The van der Waals surface area contributed by atoms with Crippen molar-refractivity contribution >= 4 is 22.5 Å². The molecule has 0 bridgehead atoms. The average molecular weight is 303 g/mol. The van der Waals surface area contributed by atoms with E-state index in [1.165, 1.54) is 0 Å². The van der Waals surface area contributed by atoms with E-state index >= 15 is 0 Å². The third-order valence-corrected chi connectivity index (χ3v) is 3.63. The summed E-state index contributed by atoms with van der Waals surface area (Å²) in [6.45, 7) is 0.231. The summed E-state index contributed by atoms with van der Waals surface area (Å²) in [6.07, 6.45) is 0. The number of hydrogen-bond donors (Lipinski definition) is 1. The molecule has 5 heteroatoms. The van der Waals surface area contributed by atoms with Crippen molar-refractivity contribution in [2.45, 2.75) is 13.2 Å². The summed E-state index contributed by atoms with van der Waals surface area (Å²) < 4.78 is 7.63. The molecule has 3 rings (SSSR count). The molecule has 4 nitrogen and oxygen atoms in total. The van der Waals surface area contributed by atoms with E-state index < -0.39 is 0 Å². The van der Waals surface area contributed by atoms with E-state index in [4.69, 9.17) is 16.3 Å². The molecule has 1 aromatic heterocycles. The fraction of sp³-hybridized carbons (Fsp3) is 0.188. The Bertz CT molecular complexity index is 783. The molecular formula is C16H15ClN2O2. The van der Waals surface area contributed by atoms with Crippen molar-refractivity contribution in [3.63, 3.8) is 0 Å². The molecule has 0 aliphatic heterocycles. The van der Waals surface area contributed by atoms with Crippen molar-refractivity contribution < 1.29 is 9.84 Å². The first-order valence-corrected chi connectivity index (χ1v) is 6.99. The smallest absolute Gasteiger partial charge is 0.133 e. The van der Waals surface area contributed by atoms with Crippen LogP contribution in [0.25, 0.3) is 10.9 Å². The molecule has 0 saturated carbocycles. The second-order valence-corrected chi connectivity index (χ2v) is 5.22. The fourth-order valence-electron chi connectivity index (χ4n) is 2.35. The number of aliphatic hydroxyl groups excluding tert-OH is 1. The van der Waals surface area contributed by atoms with E-state index in [2.05, 4.69) is 5.10 Å². The van der Waals surface area contributed by atoms with Crippen molar-refractivity contribution in [2.24, 2.45) is 7.05 Å². The number of rotatable bonds is 4. The van der Waals surface area contributed by atoms with Crippen LogP contribution in [0, 0.1) is 0 Å². The van der Waals surface area contributed by atoms with Gasteiger partial charge in [-0.05, 0) is 24.3 Å². The summed E-state index contributed by atoms with van der Waals surface area (Å²) in [4.78, 5) is 0. The normalized spacial score (nSPS) is 11.0. The predicted octanol–water partition coefficient (Wildman–Crippen LogP) is 3.30. The lowest BCUT2D eigenvalue weighted by Crippen LogP contribution is -2.00. The Hall–Kier alpha value is -2.04. The SMILES string of the molecule is Cn1nc(COc2ccc(Cl)cc2CO)c2ccccc21. The molecule has 3 aromatic rings. The van der Waals surface area contributed by atoms with E-state index in [1.807, 2.05) is 36.0 Å². The Morgan fingerprint density at radius 3 is 2.86 bits per heavy atom. The first-order valence-electron chi connectivity index (χ1n) is 6.61. The highest BCUT2D eigenvalue weighted by atomic mass is 35.5. The number of halogens is 1. The first kappa shape index (κ1) is 13.9. The molecule has 0 aliphatic carbocycles. The van der Waals surface area contributed by atoms with Crippen LogP contribution in [0.15, 0.2) is 42.5 Å². The summed E-state index contributed by atoms with van der Waals surface area (Å²) in [7, 11) is 1.91. The highest BCUT2D eigenvalue weighted by Gasteiger charge is 2.10. The van der Waals surface area contributed by atoms with Crippen molar-refractivity contribution in [1.82, 2.24) is 9.78 Å². The topological polar surface area (TPSA) is 47.3 Å². The number of ether oxygens (including phenoxy) is 1. The summed E-state index contributed by atoms with van der Waals surface area (Å²) in [5.41, 5.74) is 2.60. The van der Waals surface area contributed by atoms with Gasteiger partial charge in [0.2, 0.25) is 0 Å². The Balaban J connectivity index is 1.87. The monoisotopic (exact) mass is 302 g/mol. The van der Waals surface area contributed by atoms with Crippen LogP contribution in [0.3, 0.4) is 0 Å². The van der Waals surface area contributed by atoms with E-state index in [0.717, 1.165) is 16.6 Å². The van der Waals surface area contributed by atoms with Gasteiger partial charge in [0.05, 0.1) is 12.1 Å². The molecular weight excluding hydrogens is 288 g/mol. The van der Waals surface area contributed by atoms with Crippen LogP contribution in [0.2, 0.25) is 5.02 Å². The Labute approximate surface area is 127 Å². The van der Waals surface area contributed by atoms with Crippen LogP contribution in [0.5, 0.6) is 5.75 Å². The summed E-state index contributed by atoms with van der Waals surface area (Å²) in [5, 5.41) is 15.5. The number of para-hydroxylation sites is 1. The Morgan fingerprint density at radius 2 is 2.05 bits per heavy atom. The molecule has 0 atom stereocenters. The maximum atomic E-state index is 9.36. The van der Waals surface area contributed by atoms with E-state index in [0.29, 0.717) is 22.9 Å². The van der Waals surface area contributed by atoms with Crippen molar-refractivity contribution in [1.29, 1.82) is 0 Å². The molecule has 108 valence electrons. The van der Waals surface area contributed by atoms with Gasteiger partial charge in [0, 0.05) is 23.0 Å². The molecule has 1 heterocycles. The molecule has 0 radical (unpaired) electrons. The number of aromatic nitrogens is 2. The summed E-state index contributed by atoms with van der Waals surface area (Å²) in [6, 6.07) is 13.2. The maximum Gasteiger partial charge on any atom is 0.133 e. The van der Waals surface area contributed by atoms with Crippen LogP contribution < -0.4 is 4.74 Å². The van der Waals surface area contributed by atoms with Gasteiger partial charge in [0.1, 0.15) is 18.1 Å². The molecule has 21 heavy (non-hydrogen) atoms. The maximum absolute atomic E-state index is 9.36. The zero-order valence-electron chi connectivity index (χ0n) is 11.6. The van der Waals surface area contributed by atoms with Gasteiger partial charge in [0.25, 0.3) is 0 Å². The molecule has 0 spiro atoms. The van der Waals surface area contributed by atoms with Crippen LogP contribution in [0.4, 0.5) is 0 Å². The number of aryl methyl sites for hydroxylation is 1. The number of nitrogens with zero attached hydrogens (tertiary/aromatic N) is 2. The van der Waals surface area contributed by atoms with Gasteiger partial charge in [-0.3, -0.25) is 4.68 Å². The van der Waals surface area contributed by atoms with Gasteiger partial charge < -0.3 is 9.84 Å². The highest BCUT2D eigenvalue weighted by molar-refractivity contribution is 6.30. The summed E-state index contributed by atoms with van der Waals surface area (Å²) in [5.74, 6) is 0.622. The Morgan fingerprint density at radius 1 is 1.24 bits per heavy atom. The highest BCUT2D eigenvalue weighted by Crippen LogP contribution is 2.25. The van der Waals surface area contributed by atoms with Crippen LogP contribution in [0.1, 0.15) is 11.3 Å². The van der Waals surface area contributed by atoms with Gasteiger partial charge >= 0.3 is 0 Å². The minimum Gasteiger partial charge on any atom is -0.487 e. The largest absolute Gasteiger partial charge is 0.487 e. The number of hydrogen-bond acceptors (Lipinski definition) is 3. The zero-order chi connectivity index (χ0) is 14.8. The van der Waals surface area contributed by atoms with E-state index in [9.17, 15) is 5.11 Å². The van der Waals surface area contributed by atoms with Crippen LogP contribution in [-0.4, -0.2) is 14.9 Å². The second kappa shape index (κ2) is 5.76. The third kappa shape index (κ3) is 2.73. The lowest BCUT2D eigenvalue weighted by Gasteiger charge is -2.09. The lowest BCUT2D eigenvalue weighted by molar-refractivity contribution is 0.257. The van der Waals surface area contributed by atoms with Crippen molar-refractivity contribution in [3.8, 4) is 5.75 Å².